The van der Waals surface area contributed by atoms with E-state index in [9.17, 15) is 0 Å². The molecule has 1 aromatic rings. The molecule has 0 radical (unpaired) electrons. The molecule has 0 aromatic heterocycles. The second-order valence-corrected chi connectivity index (χ2v) is 4.59. The predicted molar refractivity (Wildman–Crippen MR) is 65.6 cm³/mol. The third-order valence-corrected chi connectivity index (χ3v) is 2.90. The van der Waals surface area contributed by atoms with Gasteiger partial charge >= 0.3 is 0 Å². The minimum Gasteiger partial charge on any atom is -0.310 e. The predicted octanol–water partition coefficient (Wildman–Crippen LogP) is 3.82. The standard InChI is InChI=1S/C12H18BrN/c1-4-7-14-10(3)12-8-11(13)6-5-9(12)2/h5-6,8,10,14H,4,7H2,1-3H3. The van der Waals surface area contributed by atoms with E-state index in [4.69, 9.17) is 0 Å². The quantitative estimate of drug-likeness (QED) is 0.863. The van der Waals surface area contributed by atoms with Crippen LogP contribution in [0.2, 0.25) is 0 Å². The van der Waals surface area contributed by atoms with E-state index in [1.165, 1.54) is 17.5 Å². The van der Waals surface area contributed by atoms with Crippen molar-refractivity contribution in [1.82, 2.24) is 5.32 Å². The third-order valence-electron chi connectivity index (χ3n) is 2.41. The van der Waals surface area contributed by atoms with Crippen LogP contribution >= 0.6 is 15.9 Å². The Balaban J connectivity index is 2.77. The van der Waals surface area contributed by atoms with Crippen molar-refractivity contribution in [2.75, 3.05) is 6.54 Å². The molecule has 1 unspecified atom stereocenters. The number of hydrogen-bond donors (Lipinski definition) is 1. The van der Waals surface area contributed by atoms with Crippen molar-refractivity contribution in [3.05, 3.63) is 33.8 Å². The minimum absolute atomic E-state index is 0.437. The highest BCUT2D eigenvalue weighted by atomic mass is 79.9. The Morgan fingerprint density at radius 2 is 2.14 bits per heavy atom. The zero-order chi connectivity index (χ0) is 10.6. The number of hydrogen-bond acceptors (Lipinski definition) is 1. The molecule has 0 bridgehead atoms. The zero-order valence-corrected chi connectivity index (χ0v) is 10.7. The molecular weight excluding hydrogens is 238 g/mol. The molecule has 1 N–H and O–H groups in total. The fraction of sp³-hybridized carbons (Fsp3) is 0.500. The number of halogens is 1. The molecule has 0 aliphatic heterocycles. The first-order valence-electron chi connectivity index (χ1n) is 5.14. The van der Waals surface area contributed by atoms with Crippen molar-refractivity contribution in [1.29, 1.82) is 0 Å². The second kappa shape index (κ2) is 5.52. The van der Waals surface area contributed by atoms with Crippen molar-refractivity contribution >= 4 is 15.9 Å². The first kappa shape index (κ1) is 11.7. The summed E-state index contributed by atoms with van der Waals surface area (Å²) in [6, 6.07) is 6.88. The molecule has 0 saturated carbocycles. The van der Waals surface area contributed by atoms with Gasteiger partial charge in [0.05, 0.1) is 0 Å². The summed E-state index contributed by atoms with van der Waals surface area (Å²) >= 11 is 3.50. The molecule has 0 aliphatic rings. The van der Waals surface area contributed by atoms with E-state index in [1.54, 1.807) is 0 Å². The Labute approximate surface area is 95.0 Å². The molecule has 0 fully saturated rings. The van der Waals surface area contributed by atoms with Gasteiger partial charge in [-0.2, -0.15) is 0 Å². The van der Waals surface area contributed by atoms with Crippen LogP contribution in [0.1, 0.15) is 37.4 Å². The molecular formula is C12H18BrN. The molecule has 0 saturated heterocycles. The van der Waals surface area contributed by atoms with Gasteiger partial charge in [-0.3, -0.25) is 0 Å². The summed E-state index contributed by atoms with van der Waals surface area (Å²) in [6.45, 7) is 7.64. The maximum absolute atomic E-state index is 3.50. The van der Waals surface area contributed by atoms with Crippen LogP contribution in [0.25, 0.3) is 0 Å². The maximum atomic E-state index is 3.50. The van der Waals surface area contributed by atoms with Gasteiger partial charge in [-0.05, 0) is 50.1 Å². The topological polar surface area (TPSA) is 12.0 Å². The summed E-state index contributed by atoms with van der Waals surface area (Å²) in [5.74, 6) is 0. The van der Waals surface area contributed by atoms with E-state index in [2.05, 4.69) is 60.2 Å². The number of benzene rings is 1. The maximum Gasteiger partial charge on any atom is 0.0294 e. The van der Waals surface area contributed by atoms with Gasteiger partial charge in [0.2, 0.25) is 0 Å². The van der Waals surface area contributed by atoms with Crippen LogP contribution in [0.5, 0.6) is 0 Å². The van der Waals surface area contributed by atoms with Crippen molar-refractivity contribution in [3.63, 3.8) is 0 Å². The molecule has 1 rings (SSSR count). The lowest BCUT2D eigenvalue weighted by molar-refractivity contribution is 0.568. The van der Waals surface area contributed by atoms with Crippen molar-refractivity contribution in [2.45, 2.75) is 33.2 Å². The molecule has 78 valence electrons. The monoisotopic (exact) mass is 255 g/mol. The van der Waals surface area contributed by atoms with E-state index >= 15 is 0 Å². The lowest BCUT2D eigenvalue weighted by atomic mass is 10.0. The van der Waals surface area contributed by atoms with Crippen molar-refractivity contribution in [2.24, 2.45) is 0 Å². The molecule has 1 atom stereocenters. The molecule has 1 aromatic carbocycles. The van der Waals surface area contributed by atoms with Crippen molar-refractivity contribution in [3.8, 4) is 0 Å². The van der Waals surface area contributed by atoms with Gasteiger partial charge in [-0.1, -0.05) is 28.9 Å². The number of aryl methyl sites for hydroxylation is 1. The first-order chi connectivity index (χ1) is 6.65. The SMILES string of the molecule is CCCNC(C)c1cc(Br)ccc1C. The fourth-order valence-corrected chi connectivity index (χ4v) is 1.93. The molecule has 0 amide bonds. The first-order valence-corrected chi connectivity index (χ1v) is 5.94. The molecule has 0 spiro atoms. The number of rotatable bonds is 4. The van der Waals surface area contributed by atoms with E-state index in [1.807, 2.05) is 0 Å². The average Bonchev–Trinajstić information content (AvgIpc) is 2.18. The van der Waals surface area contributed by atoms with E-state index < -0.39 is 0 Å². The van der Waals surface area contributed by atoms with Crippen LogP contribution in [0.15, 0.2) is 22.7 Å². The van der Waals surface area contributed by atoms with Crippen LogP contribution in [0.4, 0.5) is 0 Å². The van der Waals surface area contributed by atoms with E-state index in [-0.39, 0.29) is 0 Å². The molecule has 0 aliphatic carbocycles. The Hall–Kier alpha value is -0.340. The molecule has 1 nitrogen and oxygen atoms in total. The van der Waals surface area contributed by atoms with Gasteiger partial charge in [0.1, 0.15) is 0 Å². The van der Waals surface area contributed by atoms with Crippen molar-refractivity contribution < 1.29 is 0 Å². The van der Waals surface area contributed by atoms with Crippen LogP contribution in [0.3, 0.4) is 0 Å². The summed E-state index contributed by atoms with van der Waals surface area (Å²) in [5, 5.41) is 3.50. The summed E-state index contributed by atoms with van der Waals surface area (Å²) in [5.41, 5.74) is 2.73. The zero-order valence-electron chi connectivity index (χ0n) is 9.10. The van der Waals surface area contributed by atoms with Gasteiger partial charge in [0, 0.05) is 10.5 Å². The average molecular weight is 256 g/mol. The van der Waals surface area contributed by atoms with Crippen LogP contribution in [0, 0.1) is 6.92 Å². The Morgan fingerprint density at radius 3 is 2.79 bits per heavy atom. The Kier molecular flexibility index (Phi) is 4.63. The largest absolute Gasteiger partial charge is 0.310 e. The van der Waals surface area contributed by atoms with Gasteiger partial charge in [-0.15, -0.1) is 0 Å². The van der Waals surface area contributed by atoms with Gasteiger partial charge in [0.15, 0.2) is 0 Å². The summed E-state index contributed by atoms with van der Waals surface area (Å²) in [6.07, 6.45) is 1.18. The van der Waals surface area contributed by atoms with Crippen LogP contribution in [-0.4, -0.2) is 6.54 Å². The Morgan fingerprint density at radius 1 is 1.43 bits per heavy atom. The smallest absolute Gasteiger partial charge is 0.0294 e. The van der Waals surface area contributed by atoms with E-state index in [0.29, 0.717) is 6.04 Å². The minimum atomic E-state index is 0.437. The summed E-state index contributed by atoms with van der Waals surface area (Å²) < 4.78 is 1.16. The third kappa shape index (κ3) is 3.10. The van der Waals surface area contributed by atoms with E-state index in [0.717, 1.165) is 11.0 Å². The highest BCUT2D eigenvalue weighted by Crippen LogP contribution is 2.21. The van der Waals surface area contributed by atoms with Gasteiger partial charge < -0.3 is 5.32 Å². The highest BCUT2D eigenvalue weighted by molar-refractivity contribution is 9.10. The summed E-state index contributed by atoms with van der Waals surface area (Å²) in [4.78, 5) is 0. The van der Waals surface area contributed by atoms with Crippen LogP contribution < -0.4 is 5.32 Å². The highest BCUT2D eigenvalue weighted by Gasteiger charge is 2.07. The lowest BCUT2D eigenvalue weighted by Crippen LogP contribution is -2.19. The molecule has 2 heteroatoms. The van der Waals surface area contributed by atoms with Gasteiger partial charge in [0.25, 0.3) is 0 Å². The second-order valence-electron chi connectivity index (χ2n) is 3.68. The number of nitrogens with one attached hydrogen (secondary N) is 1. The summed E-state index contributed by atoms with van der Waals surface area (Å²) in [7, 11) is 0. The molecule has 14 heavy (non-hydrogen) atoms. The molecule has 0 heterocycles. The van der Waals surface area contributed by atoms with Crippen LogP contribution in [-0.2, 0) is 0 Å². The fourth-order valence-electron chi connectivity index (χ4n) is 1.55. The van der Waals surface area contributed by atoms with Gasteiger partial charge in [-0.25, -0.2) is 0 Å². The Bertz CT molecular complexity index is 296. The normalized spacial score (nSPS) is 12.9. The lowest BCUT2D eigenvalue weighted by Gasteiger charge is -2.16.